The van der Waals surface area contributed by atoms with Gasteiger partial charge in [-0.2, -0.15) is 0 Å². The normalized spacial score (nSPS) is 10.8. The minimum atomic E-state index is -1.19. The molecule has 0 bridgehead atoms. The van der Waals surface area contributed by atoms with Gasteiger partial charge in [0, 0.05) is 11.6 Å². The van der Waals surface area contributed by atoms with E-state index in [1.165, 1.54) is 36.4 Å². The molecule has 0 unspecified atom stereocenters. The molecule has 3 aromatic carbocycles. The van der Waals surface area contributed by atoms with Gasteiger partial charge in [-0.3, -0.25) is 4.79 Å². The van der Waals surface area contributed by atoms with Crippen molar-refractivity contribution in [1.29, 1.82) is 0 Å². The van der Waals surface area contributed by atoms with Gasteiger partial charge in [0.05, 0.1) is 11.3 Å². The van der Waals surface area contributed by atoms with E-state index in [1.807, 2.05) is 0 Å². The lowest BCUT2D eigenvalue weighted by atomic mass is 10.1. The summed E-state index contributed by atoms with van der Waals surface area (Å²) in [5.74, 6) is -3.03. The molecular weight excluding hydrogens is 364 g/mol. The highest BCUT2D eigenvalue weighted by atomic mass is 19.1. The molecule has 1 amide bonds. The number of carboxylic acid groups (broad SMARTS) is 1. The molecule has 0 atom stereocenters. The first kappa shape index (κ1) is 19.0. The zero-order valence-corrected chi connectivity index (χ0v) is 14.5. The van der Waals surface area contributed by atoms with Crippen LogP contribution in [0.15, 0.2) is 66.7 Å². The standard InChI is InChI=1S/C22H15F2NO3/c23-17-10-15(11-18(24)13-17)7-6-14-8-9-19(22(27)28)20(12-14)25-21(26)16-4-2-1-3-5-16/h1-13H,(H,25,26)(H,27,28). The van der Waals surface area contributed by atoms with Gasteiger partial charge in [0.15, 0.2) is 0 Å². The molecule has 0 fully saturated rings. The van der Waals surface area contributed by atoms with Gasteiger partial charge in [-0.25, -0.2) is 13.6 Å². The van der Waals surface area contributed by atoms with Gasteiger partial charge in [-0.15, -0.1) is 0 Å². The van der Waals surface area contributed by atoms with Crippen LogP contribution in [-0.4, -0.2) is 17.0 Å². The number of amides is 1. The molecule has 6 heteroatoms. The number of benzene rings is 3. The lowest BCUT2D eigenvalue weighted by Gasteiger charge is -2.10. The van der Waals surface area contributed by atoms with Crippen molar-refractivity contribution in [3.05, 3.63) is 101 Å². The summed E-state index contributed by atoms with van der Waals surface area (Å²) in [4.78, 5) is 23.8. The van der Waals surface area contributed by atoms with Gasteiger partial charge < -0.3 is 10.4 Å². The highest BCUT2D eigenvalue weighted by molar-refractivity contribution is 6.08. The van der Waals surface area contributed by atoms with E-state index in [0.717, 1.165) is 6.07 Å². The van der Waals surface area contributed by atoms with E-state index in [2.05, 4.69) is 5.32 Å². The molecule has 28 heavy (non-hydrogen) atoms. The summed E-state index contributed by atoms with van der Waals surface area (Å²) in [6.45, 7) is 0. The van der Waals surface area contributed by atoms with Crippen molar-refractivity contribution >= 4 is 29.7 Å². The number of anilines is 1. The van der Waals surface area contributed by atoms with Crippen LogP contribution in [0.4, 0.5) is 14.5 Å². The number of aromatic carboxylic acids is 1. The number of hydrogen-bond acceptors (Lipinski definition) is 2. The second-order valence-electron chi connectivity index (χ2n) is 5.97. The zero-order chi connectivity index (χ0) is 20.1. The topological polar surface area (TPSA) is 66.4 Å². The Kier molecular flexibility index (Phi) is 5.60. The Morgan fingerprint density at radius 3 is 2.11 bits per heavy atom. The Bertz CT molecular complexity index is 1040. The number of hydrogen-bond donors (Lipinski definition) is 2. The van der Waals surface area contributed by atoms with Crippen molar-refractivity contribution in [2.24, 2.45) is 0 Å². The number of halogens is 2. The Morgan fingerprint density at radius 1 is 0.821 bits per heavy atom. The maximum atomic E-state index is 13.3. The van der Waals surface area contributed by atoms with Crippen LogP contribution in [0, 0.1) is 11.6 Å². The molecule has 0 aromatic heterocycles. The maximum Gasteiger partial charge on any atom is 0.337 e. The number of carbonyl (C=O) groups excluding carboxylic acids is 1. The molecule has 0 aliphatic carbocycles. The number of carboxylic acids is 1. The van der Waals surface area contributed by atoms with Gasteiger partial charge in [0.1, 0.15) is 11.6 Å². The molecule has 0 aliphatic rings. The Balaban J connectivity index is 1.90. The van der Waals surface area contributed by atoms with E-state index in [4.69, 9.17) is 0 Å². The largest absolute Gasteiger partial charge is 0.478 e. The van der Waals surface area contributed by atoms with Crippen molar-refractivity contribution in [1.82, 2.24) is 0 Å². The SMILES string of the molecule is O=C(Nc1cc(C=Cc2cc(F)cc(F)c2)ccc1C(=O)O)c1ccccc1. The van der Waals surface area contributed by atoms with E-state index in [0.29, 0.717) is 16.7 Å². The van der Waals surface area contributed by atoms with Crippen molar-refractivity contribution in [3.63, 3.8) is 0 Å². The van der Waals surface area contributed by atoms with Crippen molar-refractivity contribution < 1.29 is 23.5 Å². The number of nitrogens with one attached hydrogen (secondary N) is 1. The van der Waals surface area contributed by atoms with E-state index in [-0.39, 0.29) is 11.3 Å². The van der Waals surface area contributed by atoms with E-state index < -0.39 is 23.5 Å². The van der Waals surface area contributed by atoms with Crippen LogP contribution in [0.5, 0.6) is 0 Å². The van der Waals surface area contributed by atoms with Gasteiger partial charge in [-0.05, 0) is 47.5 Å². The fourth-order valence-corrected chi connectivity index (χ4v) is 2.60. The molecule has 3 aromatic rings. The fraction of sp³-hybridized carbons (Fsp3) is 0. The number of rotatable bonds is 5. The molecule has 3 rings (SSSR count). The molecule has 0 radical (unpaired) electrons. The lowest BCUT2D eigenvalue weighted by molar-refractivity contribution is 0.0698. The van der Waals surface area contributed by atoms with E-state index in [1.54, 1.807) is 36.4 Å². The second-order valence-corrected chi connectivity index (χ2v) is 5.97. The molecule has 0 saturated heterocycles. The molecular formula is C22H15F2NO3. The van der Waals surface area contributed by atoms with Crippen LogP contribution in [0.2, 0.25) is 0 Å². The highest BCUT2D eigenvalue weighted by Crippen LogP contribution is 2.21. The molecule has 0 aliphatic heterocycles. The molecule has 2 N–H and O–H groups in total. The smallest absolute Gasteiger partial charge is 0.337 e. The van der Waals surface area contributed by atoms with Crippen LogP contribution in [0.25, 0.3) is 12.2 Å². The molecule has 0 spiro atoms. The van der Waals surface area contributed by atoms with Crippen LogP contribution >= 0.6 is 0 Å². The van der Waals surface area contributed by atoms with Gasteiger partial charge in [-0.1, -0.05) is 36.4 Å². The predicted molar refractivity (Wildman–Crippen MR) is 103 cm³/mol. The van der Waals surface area contributed by atoms with Crippen molar-refractivity contribution in [2.75, 3.05) is 5.32 Å². The summed E-state index contributed by atoms with van der Waals surface area (Å²) >= 11 is 0. The second kappa shape index (κ2) is 8.26. The summed E-state index contributed by atoms with van der Waals surface area (Å²) in [6.07, 6.45) is 3.06. The molecule has 0 saturated carbocycles. The van der Waals surface area contributed by atoms with Crippen LogP contribution in [0.3, 0.4) is 0 Å². The van der Waals surface area contributed by atoms with E-state index >= 15 is 0 Å². The Morgan fingerprint density at radius 2 is 1.46 bits per heavy atom. The molecule has 0 heterocycles. The first-order valence-electron chi connectivity index (χ1n) is 8.30. The zero-order valence-electron chi connectivity index (χ0n) is 14.5. The summed E-state index contributed by atoms with van der Waals surface area (Å²) in [6, 6.07) is 15.9. The third-order valence-electron chi connectivity index (χ3n) is 3.91. The van der Waals surface area contributed by atoms with Gasteiger partial charge in [0.25, 0.3) is 5.91 Å². The first-order valence-corrected chi connectivity index (χ1v) is 8.30. The third kappa shape index (κ3) is 4.67. The number of carbonyl (C=O) groups is 2. The van der Waals surface area contributed by atoms with E-state index in [9.17, 15) is 23.5 Å². The average molecular weight is 379 g/mol. The highest BCUT2D eigenvalue weighted by Gasteiger charge is 2.14. The molecule has 4 nitrogen and oxygen atoms in total. The molecule has 140 valence electrons. The minimum absolute atomic E-state index is 0.0711. The third-order valence-corrected chi connectivity index (χ3v) is 3.91. The van der Waals surface area contributed by atoms with Crippen molar-refractivity contribution in [3.8, 4) is 0 Å². The average Bonchev–Trinajstić information content (AvgIpc) is 2.66. The van der Waals surface area contributed by atoms with Crippen LogP contribution in [-0.2, 0) is 0 Å². The summed E-state index contributed by atoms with van der Waals surface area (Å²) in [5, 5.41) is 11.9. The van der Waals surface area contributed by atoms with Crippen molar-refractivity contribution in [2.45, 2.75) is 0 Å². The first-order chi connectivity index (χ1) is 13.4. The van der Waals surface area contributed by atoms with Crippen LogP contribution in [0.1, 0.15) is 31.8 Å². The van der Waals surface area contributed by atoms with Gasteiger partial charge in [0.2, 0.25) is 0 Å². The quantitative estimate of drug-likeness (QED) is 0.607. The maximum absolute atomic E-state index is 13.3. The summed E-state index contributed by atoms with van der Waals surface area (Å²) in [5.41, 5.74) is 1.30. The fourth-order valence-electron chi connectivity index (χ4n) is 2.60. The summed E-state index contributed by atoms with van der Waals surface area (Å²) < 4.78 is 26.6. The lowest BCUT2D eigenvalue weighted by Crippen LogP contribution is -2.14. The monoisotopic (exact) mass is 379 g/mol. The summed E-state index contributed by atoms with van der Waals surface area (Å²) in [7, 11) is 0. The van der Waals surface area contributed by atoms with Gasteiger partial charge >= 0.3 is 5.97 Å². The van der Waals surface area contributed by atoms with Crippen LogP contribution < -0.4 is 5.32 Å². The predicted octanol–water partition coefficient (Wildman–Crippen LogP) is 5.09. The Labute approximate surface area is 159 Å². The Hall–Kier alpha value is -3.80. The minimum Gasteiger partial charge on any atom is -0.478 e.